The lowest BCUT2D eigenvalue weighted by atomic mass is 10.0. The van der Waals surface area contributed by atoms with Gasteiger partial charge in [-0.3, -0.25) is 9.69 Å². The fourth-order valence-corrected chi connectivity index (χ4v) is 3.20. The van der Waals surface area contributed by atoms with Gasteiger partial charge < -0.3 is 25.3 Å². The highest BCUT2D eigenvalue weighted by molar-refractivity contribution is 5.96. The van der Waals surface area contributed by atoms with Crippen molar-refractivity contribution >= 4 is 11.7 Å². The zero-order valence-electron chi connectivity index (χ0n) is 16.1. The molecule has 3 rings (SSSR count). The van der Waals surface area contributed by atoms with Crippen molar-refractivity contribution in [3.8, 4) is 11.5 Å². The molecule has 150 valence electrons. The van der Waals surface area contributed by atoms with Gasteiger partial charge >= 0.3 is 0 Å². The summed E-state index contributed by atoms with van der Waals surface area (Å²) < 4.78 is 16.2. The number of nitrogens with two attached hydrogens (primary N) is 1. The number of nitrogens with one attached hydrogen (secondary N) is 1. The van der Waals surface area contributed by atoms with Gasteiger partial charge in [0.05, 0.1) is 33.5 Å². The summed E-state index contributed by atoms with van der Waals surface area (Å²) in [6, 6.07) is 5.71. The third-order valence-corrected chi connectivity index (χ3v) is 4.68. The maximum Gasteiger partial charge on any atom is 0.273 e. The lowest BCUT2D eigenvalue weighted by Crippen LogP contribution is -2.44. The van der Waals surface area contributed by atoms with Crippen molar-refractivity contribution < 1.29 is 19.0 Å². The summed E-state index contributed by atoms with van der Waals surface area (Å²) >= 11 is 0. The van der Waals surface area contributed by atoms with Gasteiger partial charge in [0.2, 0.25) is 0 Å². The van der Waals surface area contributed by atoms with Gasteiger partial charge in [-0.1, -0.05) is 6.07 Å². The minimum Gasteiger partial charge on any atom is -0.493 e. The highest BCUT2D eigenvalue weighted by Crippen LogP contribution is 2.32. The number of nitrogen functional groups attached to an aromatic ring is 1. The first-order chi connectivity index (χ1) is 13.6. The number of carbonyl (C=O) groups is 1. The smallest absolute Gasteiger partial charge is 0.273 e. The SMILES string of the molecule is COc1ccc(C(CNC(=O)c2nccnc2N)N2CCOCC2)cc1OC. The van der Waals surface area contributed by atoms with Crippen LogP contribution < -0.4 is 20.5 Å². The van der Waals surface area contributed by atoms with Crippen LogP contribution in [0.5, 0.6) is 11.5 Å². The Hall–Kier alpha value is -2.91. The molecule has 1 aliphatic rings. The molecule has 0 saturated carbocycles. The Labute approximate surface area is 163 Å². The summed E-state index contributed by atoms with van der Waals surface area (Å²) in [5, 5.41) is 2.93. The number of nitrogens with zero attached hydrogens (tertiary/aromatic N) is 3. The molecule has 1 saturated heterocycles. The number of hydrogen-bond donors (Lipinski definition) is 2. The number of carbonyl (C=O) groups excluding carboxylic acids is 1. The number of hydrogen-bond acceptors (Lipinski definition) is 8. The Morgan fingerprint density at radius 1 is 1.21 bits per heavy atom. The molecule has 1 atom stereocenters. The summed E-state index contributed by atoms with van der Waals surface area (Å²) in [4.78, 5) is 22.7. The van der Waals surface area contributed by atoms with E-state index in [-0.39, 0.29) is 23.5 Å². The summed E-state index contributed by atoms with van der Waals surface area (Å²) in [6.45, 7) is 3.21. The molecule has 1 fully saturated rings. The van der Waals surface area contributed by atoms with Crippen LogP contribution in [0, 0.1) is 0 Å². The molecule has 1 aromatic carbocycles. The summed E-state index contributed by atoms with van der Waals surface area (Å²) in [6.07, 6.45) is 2.89. The molecular weight excluding hydrogens is 362 g/mol. The summed E-state index contributed by atoms with van der Waals surface area (Å²) in [5.74, 6) is 1.05. The molecule has 28 heavy (non-hydrogen) atoms. The summed E-state index contributed by atoms with van der Waals surface area (Å²) in [7, 11) is 3.20. The maximum absolute atomic E-state index is 12.5. The van der Waals surface area contributed by atoms with Crippen molar-refractivity contribution in [1.29, 1.82) is 0 Å². The Balaban J connectivity index is 1.81. The molecule has 0 bridgehead atoms. The van der Waals surface area contributed by atoms with E-state index in [1.165, 1.54) is 12.4 Å². The highest BCUT2D eigenvalue weighted by atomic mass is 16.5. The molecule has 9 nitrogen and oxygen atoms in total. The van der Waals surface area contributed by atoms with Gasteiger partial charge in [0.25, 0.3) is 5.91 Å². The molecule has 3 N–H and O–H groups in total. The third kappa shape index (κ3) is 4.49. The topological polar surface area (TPSA) is 112 Å². The first-order valence-electron chi connectivity index (χ1n) is 9.02. The van der Waals surface area contributed by atoms with Gasteiger partial charge in [0, 0.05) is 32.0 Å². The van der Waals surface area contributed by atoms with Gasteiger partial charge in [0.1, 0.15) is 0 Å². The molecule has 2 heterocycles. The number of rotatable bonds is 7. The Morgan fingerprint density at radius 3 is 2.61 bits per heavy atom. The van der Waals surface area contributed by atoms with E-state index in [1.54, 1.807) is 14.2 Å². The van der Waals surface area contributed by atoms with E-state index in [0.29, 0.717) is 31.3 Å². The second-order valence-electron chi connectivity index (χ2n) is 6.28. The number of aromatic nitrogens is 2. The van der Waals surface area contributed by atoms with E-state index in [2.05, 4.69) is 20.2 Å². The molecule has 1 amide bonds. The predicted octanol–water partition coefficient (Wildman–Crippen LogP) is 0.879. The molecule has 0 radical (unpaired) electrons. The molecule has 9 heteroatoms. The van der Waals surface area contributed by atoms with Crippen molar-refractivity contribution in [2.75, 3.05) is 52.8 Å². The largest absolute Gasteiger partial charge is 0.493 e. The van der Waals surface area contributed by atoms with Crippen LogP contribution in [0.25, 0.3) is 0 Å². The number of ether oxygens (including phenoxy) is 3. The molecule has 1 aliphatic heterocycles. The standard InChI is InChI=1S/C19H25N5O4/c1-26-15-4-3-13(11-16(15)27-2)14(24-7-9-28-10-8-24)12-23-19(25)17-18(20)22-6-5-21-17/h3-6,11,14H,7-10,12H2,1-2H3,(H2,20,22)(H,23,25). The van der Waals surface area contributed by atoms with Gasteiger partial charge in [-0.2, -0.15) is 0 Å². The van der Waals surface area contributed by atoms with Gasteiger partial charge in [-0.05, 0) is 17.7 Å². The number of benzene rings is 1. The lowest BCUT2D eigenvalue weighted by molar-refractivity contribution is 0.0161. The predicted molar refractivity (Wildman–Crippen MR) is 103 cm³/mol. The molecule has 1 aromatic heterocycles. The third-order valence-electron chi connectivity index (χ3n) is 4.68. The number of amides is 1. The van der Waals surface area contributed by atoms with Crippen molar-refractivity contribution in [3.05, 3.63) is 41.9 Å². The Morgan fingerprint density at radius 2 is 1.93 bits per heavy atom. The van der Waals surface area contributed by atoms with Crippen LogP contribution in [0.3, 0.4) is 0 Å². The maximum atomic E-state index is 12.5. The average Bonchev–Trinajstić information content (AvgIpc) is 2.74. The lowest BCUT2D eigenvalue weighted by Gasteiger charge is -2.35. The second-order valence-corrected chi connectivity index (χ2v) is 6.28. The van der Waals surface area contributed by atoms with E-state index in [9.17, 15) is 4.79 Å². The Bertz CT molecular complexity index is 811. The molecular formula is C19H25N5O4. The first kappa shape index (κ1) is 19.8. The van der Waals surface area contributed by atoms with Gasteiger partial charge in [0.15, 0.2) is 23.0 Å². The van der Waals surface area contributed by atoms with Crippen molar-refractivity contribution in [3.63, 3.8) is 0 Å². The zero-order valence-corrected chi connectivity index (χ0v) is 16.1. The minimum absolute atomic E-state index is 0.0643. The highest BCUT2D eigenvalue weighted by Gasteiger charge is 2.25. The van der Waals surface area contributed by atoms with E-state index < -0.39 is 0 Å². The van der Waals surface area contributed by atoms with Gasteiger partial charge in [-0.25, -0.2) is 9.97 Å². The summed E-state index contributed by atoms with van der Waals surface area (Å²) in [5.41, 5.74) is 6.89. The van der Waals surface area contributed by atoms with Crippen LogP contribution in [0.2, 0.25) is 0 Å². The van der Waals surface area contributed by atoms with E-state index >= 15 is 0 Å². The van der Waals surface area contributed by atoms with E-state index in [4.69, 9.17) is 19.9 Å². The van der Waals surface area contributed by atoms with Gasteiger partial charge in [-0.15, -0.1) is 0 Å². The quantitative estimate of drug-likeness (QED) is 0.720. The molecule has 0 aliphatic carbocycles. The van der Waals surface area contributed by atoms with E-state index in [0.717, 1.165) is 18.7 Å². The fraction of sp³-hybridized carbons (Fsp3) is 0.421. The van der Waals surface area contributed by atoms with E-state index in [1.807, 2.05) is 18.2 Å². The van der Waals surface area contributed by atoms with Crippen LogP contribution in [0.4, 0.5) is 5.82 Å². The molecule has 1 unspecified atom stereocenters. The monoisotopic (exact) mass is 387 g/mol. The van der Waals surface area contributed by atoms with Crippen LogP contribution >= 0.6 is 0 Å². The number of anilines is 1. The van der Waals surface area contributed by atoms with Crippen molar-refractivity contribution in [1.82, 2.24) is 20.2 Å². The van der Waals surface area contributed by atoms with Crippen LogP contribution in [0.1, 0.15) is 22.1 Å². The Kier molecular flexibility index (Phi) is 6.62. The number of morpholine rings is 1. The van der Waals surface area contributed by atoms with Crippen LogP contribution in [-0.4, -0.2) is 67.8 Å². The molecule has 0 spiro atoms. The zero-order chi connectivity index (χ0) is 19.9. The van der Waals surface area contributed by atoms with Crippen molar-refractivity contribution in [2.45, 2.75) is 6.04 Å². The minimum atomic E-state index is -0.357. The normalized spacial score (nSPS) is 15.6. The van der Waals surface area contributed by atoms with Crippen molar-refractivity contribution in [2.24, 2.45) is 0 Å². The second kappa shape index (κ2) is 9.34. The van der Waals surface area contributed by atoms with Crippen LogP contribution in [0.15, 0.2) is 30.6 Å². The number of methoxy groups -OCH3 is 2. The molecule has 2 aromatic rings. The fourth-order valence-electron chi connectivity index (χ4n) is 3.20. The average molecular weight is 387 g/mol. The van der Waals surface area contributed by atoms with Crippen LogP contribution in [-0.2, 0) is 4.74 Å². The first-order valence-corrected chi connectivity index (χ1v) is 9.02.